The highest BCUT2D eigenvalue weighted by Crippen LogP contribution is 2.37. The molecule has 2 aromatic rings. The zero-order valence-electron chi connectivity index (χ0n) is 12.2. The Morgan fingerprint density at radius 3 is 2.55 bits per heavy atom. The number of methoxy groups -OCH3 is 1. The van der Waals surface area contributed by atoms with Crippen molar-refractivity contribution in [1.82, 2.24) is 0 Å². The summed E-state index contributed by atoms with van der Waals surface area (Å²) < 4.78 is 4.68. The molecule has 0 saturated heterocycles. The van der Waals surface area contributed by atoms with E-state index in [-0.39, 0.29) is 28.1 Å². The smallest absolute Gasteiger partial charge is 0.342 e. The summed E-state index contributed by atoms with van der Waals surface area (Å²) >= 11 is 0. The molecule has 114 valence electrons. The number of aryl methyl sites for hydroxylation is 1. The number of aromatic hydroxyl groups is 1. The van der Waals surface area contributed by atoms with Gasteiger partial charge in [-0.2, -0.15) is 0 Å². The van der Waals surface area contributed by atoms with E-state index in [1.807, 2.05) is 6.92 Å². The maximum absolute atomic E-state index is 12.0. The van der Waals surface area contributed by atoms with Crippen LogP contribution in [0.1, 0.15) is 22.8 Å². The third kappa shape index (κ3) is 2.76. The normalized spacial score (nSPS) is 10.3. The number of benzene rings is 2. The number of hydrogen-bond acceptors (Lipinski definition) is 5. The third-order valence-electron chi connectivity index (χ3n) is 3.37. The van der Waals surface area contributed by atoms with Gasteiger partial charge < -0.3 is 9.84 Å². The molecule has 0 radical (unpaired) electrons. The van der Waals surface area contributed by atoms with Gasteiger partial charge in [-0.15, -0.1) is 0 Å². The van der Waals surface area contributed by atoms with Crippen molar-refractivity contribution in [2.75, 3.05) is 7.11 Å². The van der Waals surface area contributed by atoms with E-state index >= 15 is 0 Å². The highest BCUT2D eigenvalue weighted by molar-refractivity contribution is 6.01. The number of carbonyl (C=O) groups excluding carboxylic acids is 1. The van der Waals surface area contributed by atoms with Crippen LogP contribution >= 0.6 is 0 Å². The molecule has 6 nitrogen and oxygen atoms in total. The average Bonchev–Trinajstić information content (AvgIpc) is 2.53. The number of nitro groups is 1. The van der Waals surface area contributed by atoms with E-state index in [0.29, 0.717) is 6.42 Å². The van der Waals surface area contributed by atoms with Crippen molar-refractivity contribution < 1.29 is 19.6 Å². The first-order valence-corrected chi connectivity index (χ1v) is 6.67. The maximum atomic E-state index is 12.0. The Morgan fingerprint density at radius 2 is 1.95 bits per heavy atom. The number of esters is 1. The van der Waals surface area contributed by atoms with Gasteiger partial charge in [-0.1, -0.05) is 19.1 Å². The van der Waals surface area contributed by atoms with Crippen LogP contribution in [0.15, 0.2) is 36.4 Å². The van der Waals surface area contributed by atoms with Crippen LogP contribution in [-0.2, 0) is 11.2 Å². The molecule has 0 bridgehead atoms. The quantitative estimate of drug-likeness (QED) is 0.531. The lowest BCUT2D eigenvalue weighted by atomic mass is 9.94. The summed E-state index contributed by atoms with van der Waals surface area (Å²) in [4.78, 5) is 22.6. The molecule has 0 amide bonds. The van der Waals surface area contributed by atoms with Crippen molar-refractivity contribution >= 4 is 11.7 Å². The van der Waals surface area contributed by atoms with Crippen molar-refractivity contribution in [3.63, 3.8) is 0 Å². The Bertz CT molecular complexity index is 739. The third-order valence-corrected chi connectivity index (χ3v) is 3.37. The Balaban J connectivity index is 2.81. The molecule has 0 saturated carbocycles. The number of ether oxygens (including phenoxy) is 1. The molecule has 0 aromatic heterocycles. The van der Waals surface area contributed by atoms with Crippen molar-refractivity contribution in [2.24, 2.45) is 0 Å². The molecule has 2 aromatic carbocycles. The first-order valence-electron chi connectivity index (χ1n) is 6.67. The summed E-state index contributed by atoms with van der Waals surface area (Å²) in [7, 11) is 1.19. The van der Waals surface area contributed by atoms with Crippen molar-refractivity contribution in [2.45, 2.75) is 13.3 Å². The number of nitro benzene ring substituents is 1. The molecule has 0 aliphatic heterocycles. The van der Waals surface area contributed by atoms with Gasteiger partial charge in [0.05, 0.1) is 17.6 Å². The molecule has 0 aliphatic carbocycles. The Hall–Kier alpha value is -2.89. The van der Waals surface area contributed by atoms with Crippen LogP contribution < -0.4 is 0 Å². The zero-order chi connectivity index (χ0) is 16.3. The van der Waals surface area contributed by atoms with E-state index in [1.165, 1.54) is 19.2 Å². The minimum atomic E-state index is -0.742. The van der Waals surface area contributed by atoms with E-state index in [0.717, 1.165) is 5.56 Å². The predicted molar refractivity (Wildman–Crippen MR) is 80.9 cm³/mol. The van der Waals surface area contributed by atoms with Gasteiger partial charge in [0.25, 0.3) is 5.69 Å². The minimum absolute atomic E-state index is 0.0750. The standard InChI is InChI=1S/C16H15NO5/c1-3-10-8-12(15(14(18)9-10)16(19)22-2)11-6-4-5-7-13(11)17(20)21/h4-9,18H,3H2,1-2H3. The fraction of sp³-hybridized carbons (Fsp3) is 0.188. The van der Waals surface area contributed by atoms with E-state index < -0.39 is 10.9 Å². The van der Waals surface area contributed by atoms with Gasteiger partial charge in [-0.05, 0) is 30.2 Å². The van der Waals surface area contributed by atoms with Crippen LogP contribution in [0.25, 0.3) is 11.1 Å². The van der Waals surface area contributed by atoms with Gasteiger partial charge >= 0.3 is 5.97 Å². The number of phenolic OH excluding ortho intramolecular Hbond substituents is 1. The first kappa shape index (κ1) is 15.5. The van der Waals surface area contributed by atoms with Crippen molar-refractivity contribution in [3.05, 3.63) is 57.6 Å². The Labute approximate surface area is 127 Å². The number of carbonyl (C=O) groups is 1. The van der Waals surface area contributed by atoms with Gasteiger partial charge in [0.15, 0.2) is 0 Å². The number of para-hydroxylation sites is 1. The highest BCUT2D eigenvalue weighted by Gasteiger charge is 2.24. The van der Waals surface area contributed by atoms with Gasteiger partial charge in [-0.25, -0.2) is 4.79 Å². The van der Waals surface area contributed by atoms with Crippen LogP contribution in [-0.4, -0.2) is 23.1 Å². The second kappa shape index (κ2) is 6.26. The zero-order valence-corrected chi connectivity index (χ0v) is 12.2. The van der Waals surface area contributed by atoms with Crippen LogP contribution in [0.2, 0.25) is 0 Å². The SMILES string of the molecule is CCc1cc(O)c(C(=O)OC)c(-c2ccccc2[N+](=O)[O-])c1. The number of nitrogens with zero attached hydrogens (tertiary/aromatic N) is 1. The van der Waals surface area contributed by atoms with Crippen molar-refractivity contribution in [3.8, 4) is 16.9 Å². The monoisotopic (exact) mass is 301 g/mol. The lowest BCUT2D eigenvalue weighted by Crippen LogP contribution is -2.06. The van der Waals surface area contributed by atoms with Gasteiger partial charge in [0.2, 0.25) is 0 Å². The second-order valence-electron chi connectivity index (χ2n) is 4.66. The molecule has 0 heterocycles. The molecule has 0 unspecified atom stereocenters. The molecular formula is C16H15NO5. The molecule has 0 aliphatic rings. The molecule has 0 fully saturated rings. The largest absolute Gasteiger partial charge is 0.507 e. The van der Waals surface area contributed by atoms with Crippen molar-refractivity contribution in [1.29, 1.82) is 0 Å². The first-order chi connectivity index (χ1) is 10.5. The Kier molecular flexibility index (Phi) is 4.41. The topological polar surface area (TPSA) is 89.7 Å². The minimum Gasteiger partial charge on any atom is -0.507 e. The summed E-state index contributed by atoms with van der Waals surface area (Å²) in [6.45, 7) is 1.88. The molecule has 22 heavy (non-hydrogen) atoms. The molecular weight excluding hydrogens is 286 g/mol. The lowest BCUT2D eigenvalue weighted by molar-refractivity contribution is -0.384. The number of rotatable bonds is 4. The van der Waals surface area contributed by atoms with Crippen LogP contribution in [0.4, 0.5) is 5.69 Å². The number of hydrogen-bond donors (Lipinski definition) is 1. The molecule has 2 rings (SSSR count). The fourth-order valence-corrected chi connectivity index (χ4v) is 2.28. The van der Waals surface area contributed by atoms with Crippen LogP contribution in [0, 0.1) is 10.1 Å². The van der Waals surface area contributed by atoms with Gasteiger partial charge in [0.1, 0.15) is 11.3 Å². The maximum Gasteiger partial charge on any atom is 0.342 e. The molecule has 6 heteroatoms. The summed E-state index contributed by atoms with van der Waals surface area (Å²) in [5, 5.41) is 21.3. The summed E-state index contributed by atoms with van der Waals surface area (Å²) in [5.74, 6) is -0.993. The predicted octanol–water partition coefficient (Wildman–Crippen LogP) is 3.32. The average molecular weight is 301 g/mol. The molecule has 1 N–H and O–H groups in total. The summed E-state index contributed by atoms with van der Waals surface area (Å²) in [6.07, 6.45) is 0.614. The molecule has 0 atom stereocenters. The van der Waals surface area contributed by atoms with Crippen LogP contribution in [0.3, 0.4) is 0 Å². The van der Waals surface area contributed by atoms with E-state index in [2.05, 4.69) is 4.74 Å². The van der Waals surface area contributed by atoms with E-state index in [9.17, 15) is 20.0 Å². The highest BCUT2D eigenvalue weighted by atomic mass is 16.6. The van der Waals surface area contributed by atoms with Gasteiger partial charge in [-0.3, -0.25) is 10.1 Å². The fourth-order valence-electron chi connectivity index (χ4n) is 2.28. The number of phenols is 1. The van der Waals surface area contributed by atoms with Crippen LogP contribution in [0.5, 0.6) is 5.75 Å². The summed E-state index contributed by atoms with van der Waals surface area (Å²) in [5.41, 5.74) is 1.10. The Morgan fingerprint density at radius 1 is 1.27 bits per heavy atom. The summed E-state index contributed by atoms with van der Waals surface area (Å²) in [6, 6.07) is 9.20. The second-order valence-corrected chi connectivity index (χ2v) is 4.66. The van der Waals surface area contributed by atoms with E-state index in [1.54, 1.807) is 24.3 Å². The lowest BCUT2D eigenvalue weighted by Gasteiger charge is -2.12. The van der Waals surface area contributed by atoms with E-state index in [4.69, 9.17) is 0 Å². The molecule has 0 spiro atoms. The van der Waals surface area contributed by atoms with Gasteiger partial charge in [0, 0.05) is 11.6 Å².